The summed E-state index contributed by atoms with van der Waals surface area (Å²) in [6, 6.07) is 7.78. The van der Waals surface area contributed by atoms with Crippen LogP contribution in [0.25, 0.3) is 10.9 Å². The van der Waals surface area contributed by atoms with Gasteiger partial charge in [-0.25, -0.2) is 0 Å². The van der Waals surface area contributed by atoms with Crippen LogP contribution in [-0.2, 0) is 14.4 Å². The zero-order valence-corrected chi connectivity index (χ0v) is 12.5. The van der Waals surface area contributed by atoms with E-state index in [2.05, 4.69) is 10.3 Å². The average Bonchev–Trinajstić information content (AvgIpc) is 3.05. The van der Waals surface area contributed by atoms with Crippen LogP contribution in [-0.4, -0.2) is 22.6 Å². The maximum atomic E-state index is 12.6. The molecule has 4 atom stereocenters. The number of hydrogen-bond donors (Lipinski definition) is 2. The maximum absolute atomic E-state index is 12.6. The van der Waals surface area contributed by atoms with Crippen molar-refractivity contribution in [2.75, 3.05) is 0 Å². The van der Waals surface area contributed by atoms with Crippen molar-refractivity contribution >= 4 is 28.5 Å². The van der Waals surface area contributed by atoms with Gasteiger partial charge in [0, 0.05) is 23.0 Å². The molecule has 5 nitrogen and oxygen atoms in total. The Kier molecular flexibility index (Phi) is 2.45. The van der Waals surface area contributed by atoms with E-state index in [9.17, 15) is 14.4 Å². The quantitative estimate of drug-likeness (QED) is 0.731. The average molecular weight is 308 g/mol. The van der Waals surface area contributed by atoms with Gasteiger partial charge < -0.3 is 4.98 Å². The highest BCUT2D eigenvalue weighted by Gasteiger charge is 2.56. The number of aromatic amines is 1. The summed E-state index contributed by atoms with van der Waals surface area (Å²) in [5, 5.41) is 3.46. The number of imide groups is 1. The Morgan fingerprint density at radius 2 is 1.83 bits per heavy atom. The molecule has 5 heteroatoms. The van der Waals surface area contributed by atoms with E-state index in [1.54, 1.807) is 0 Å². The highest BCUT2D eigenvalue weighted by atomic mass is 16.2. The molecule has 1 aromatic carbocycles. The third-order valence-electron chi connectivity index (χ3n) is 5.79. The van der Waals surface area contributed by atoms with Crippen LogP contribution in [0, 0.1) is 11.8 Å². The molecule has 1 saturated carbocycles. The summed E-state index contributed by atoms with van der Waals surface area (Å²) in [6.07, 6.45) is 2.19. The fraction of sp³-hybridized carbons (Fsp3) is 0.389. The van der Waals surface area contributed by atoms with Crippen molar-refractivity contribution < 1.29 is 14.4 Å². The number of nitrogens with one attached hydrogen (secondary N) is 2. The summed E-state index contributed by atoms with van der Waals surface area (Å²) < 4.78 is 0. The topological polar surface area (TPSA) is 79.0 Å². The summed E-state index contributed by atoms with van der Waals surface area (Å²) in [6.45, 7) is 0. The standard InChI is InChI=1S/C18H16N2O3/c21-11-7-3-5-9-12(11)16-13(8-4-1-2-6-10(8)19-16)15-14(9)17(22)20-18(15)23/h1-2,4,6,9,12,14-15,19H,3,5,7H2,(H,20,22,23). The van der Waals surface area contributed by atoms with Gasteiger partial charge in [-0.05, 0) is 30.4 Å². The van der Waals surface area contributed by atoms with Gasteiger partial charge in [-0.3, -0.25) is 19.7 Å². The number of carbonyl (C=O) groups is 3. The molecule has 1 aromatic heterocycles. The largest absolute Gasteiger partial charge is 0.358 e. The Morgan fingerprint density at radius 1 is 1.00 bits per heavy atom. The van der Waals surface area contributed by atoms with Crippen LogP contribution >= 0.6 is 0 Å². The summed E-state index contributed by atoms with van der Waals surface area (Å²) >= 11 is 0. The molecule has 5 rings (SSSR count). The third kappa shape index (κ3) is 1.54. The van der Waals surface area contributed by atoms with Crippen LogP contribution in [0.2, 0.25) is 0 Å². The molecule has 2 aromatic rings. The number of benzene rings is 1. The molecular weight excluding hydrogens is 292 g/mol. The first kappa shape index (κ1) is 13.0. The summed E-state index contributed by atoms with van der Waals surface area (Å²) in [4.78, 5) is 40.8. The molecule has 1 saturated heterocycles. The molecule has 0 bridgehead atoms. The van der Waals surface area contributed by atoms with Crippen LogP contribution in [0.3, 0.4) is 0 Å². The van der Waals surface area contributed by atoms with E-state index < -0.39 is 11.8 Å². The lowest BCUT2D eigenvalue weighted by molar-refractivity contribution is -0.129. The number of hydrogen-bond acceptors (Lipinski definition) is 3. The van der Waals surface area contributed by atoms with Gasteiger partial charge in [-0.15, -0.1) is 0 Å². The van der Waals surface area contributed by atoms with Crippen LogP contribution in [0.15, 0.2) is 24.3 Å². The first-order valence-corrected chi connectivity index (χ1v) is 8.14. The van der Waals surface area contributed by atoms with Gasteiger partial charge in [0.05, 0.1) is 17.8 Å². The molecular formula is C18H16N2O3. The minimum Gasteiger partial charge on any atom is -0.358 e. The van der Waals surface area contributed by atoms with Crippen LogP contribution < -0.4 is 5.32 Å². The molecule has 1 aliphatic heterocycles. The lowest BCUT2D eigenvalue weighted by atomic mass is 9.61. The molecule has 0 spiro atoms. The number of carbonyl (C=O) groups excluding carboxylic acids is 3. The zero-order valence-electron chi connectivity index (χ0n) is 12.5. The molecule has 116 valence electrons. The Bertz CT molecular complexity index is 882. The monoisotopic (exact) mass is 308 g/mol. The van der Waals surface area contributed by atoms with Crippen molar-refractivity contribution in [2.45, 2.75) is 31.1 Å². The Labute approximate surface area is 132 Å². The van der Waals surface area contributed by atoms with E-state index >= 15 is 0 Å². The molecule has 4 unspecified atom stereocenters. The Hall–Kier alpha value is -2.43. The van der Waals surface area contributed by atoms with Crippen molar-refractivity contribution in [3.05, 3.63) is 35.5 Å². The van der Waals surface area contributed by atoms with Gasteiger partial charge in [0.2, 0.25) is 11.8 Å². The van der Waals surface area contributed by atoms with Crippen molar-refractivity contribution in [1.29, 1.82) is 0 Å². The predicted octanol–water partition coefficient (Wildman–Crippen LogP) is 1.99. The van der Waals surface area contributed by atoms with Gasteiger partial charge in [0.25, 0.3) is 0 Å². The van der Waals surface area contributed by atoms with Crippen LogP contribution in [0.4, 0.5) is 0 Å². The van der Waals surface area contributed by atoms with Gasteiger partial charge in [0.1, 0.15) is 5.78 Å². The second kappa shape index (κ2) is 4.31. The Balaban J connectivity index is 1.84. The summed E-state index contributed by atoms with van der Waals surface area (Å²) in [5.41, 5.74) is 2.67. The number of ketones is 1. The van der Waals surface area contributed by atoms with E-state index in [1.165, 1.54) is 0 Å². The third-order valence-corrected chi connectivity index (χ3v) is 5.79. The van der Waals surface area contributed by atoms with Crippen molar-refractivity contribution in [1.82, 2.24) is 10.3 Å². The number of H-pyrrole nitrogens is 1. The molecule has 0 radical (unpaired) electrons. The van der Waals surface area contributed by atoms with Gasteiger partial charge in [0.15, 0.2) is 0 Å². The van der Waals surface area contributed by atoms with Crippen molar-refractivity contribution in [2.24, 2.45) is 11.8 Å². The lowest BCUT2D eigenvalue weighted by Crippen LogP contribution is -2.40. The number of fused-ring (bicyclic) bond motifs is 8. The van der Waals surface area contributed by atoms with Gasteiger partial charge >= 0.3 is 0 Å². The normalized spacial score (nSPS) is 32.4. The van der Waals surface area contributed by atoms with Crippen molar-refractivity contribution in [3.63, 3.8) is 0 Å². The second-order valence-electron chi connectivity index (χ2n) is 6.85. The summed E-state index contributed by atoms with van der Waals surface area (Å²) in [5.74, 6) is -1.43. The first-order valence-electron chi connectivity index (χ1n) is 8.14. The minimum absolute atomic E-state index is 0.0618. The zero-order chi connectivity index (χ0) is 15.7. The van der Waals surface area contributed by atoms with E-state index in [0.717, 1.165) is 35.0 Å². The lowest BCUT2D eigenvalue weighted by Gasteiger charge is -2.39. The van der Waals surface area contributed by atoms with E-state index in [0.29, 0.717) is 6.42 Å². The fourth-order valence-electron chi connectivity index (χ4n) is 4.95. The second-order valence-corrected chi connectivity index (χ2v) is 6.85. The smallest absolute Gasteiger partial charge is 0.235 e. The van der Waals surface area contributed by atoms with E-state index in [-0.39, 0.29) is 29.4 Å². The Morgan fingerprint density at radius 3 is 2.70 bits per heavy atom. The predicted molar refractivity (Wildman–Crippen MR) is 82.8 cm³/mol. The number of rotatable bonds is 0. The van der Waals surface area contributed by atoms with E-state index in [1.807, 2.05) is 24.3 Å². The number of para-hydroxylation sites is 1. The first-order chi connectivity index (χ1) is 11.2. The minimum atomic E-state index is -0.458. The number of amides is 2. The highest BCUT2D eigenvalue weighted by Crippen LogP contribution is 2.54. The van der Waals surface area contributed by atoms with Crippen LogP contribution in [0.1, 0.15) is 42.4 Å². The molecule has 23 heavy (non-hydrogen) atoms. The van der Waals surface area contributed by atoms with E-state index in [4.69, 9.17) is 0 Å². The fourth-order valence-corrected chi connectivity index (χ4v) is 4.95. The molecule has 3 aliphatic rings. The van der Waals surface area contributed by atoms with Crippen LogP contribution in [0.5, 0.6) is 0 Å². The summed E-state index contributed by atoms with van der Waals surface area (Å²) in [7, 11) is 0. The number of aromatic nitrogens is 1. The van der Waals surface area contributed by atoms with Gasteiger partial charge in [-0.1, -0.05) is 18.2 Å². The highest BCUT2D eigenvalue weighted by molar-refractivity contribution is 6.11. The molecule has 2 fully saturated rings. The molecule has 2 N–H and O–H groups in total. The molecule has 2 aliphatic carbocycles. The van der Waals surface area contributed by atoms with Gasteiger partial charge in [-0.2, -0.15) is 0 Å². The number of Topliss-reactive ketones (excluding diaryl/α,β-unsaturated/α-hetero) is 1. The maximum Gasteiger partial charge on any atom is 0.235 e. The molecule has 2 amide bonds. The SMILES string of the molecule is O=C1CCCC2C1c1[nH]c3ccccc3c1C1C(=O)NC(=O)C12. The van der Waals surface area contributed by atoms with Crippen molar-refractivity contribution in [3.8, 4) is 0 Å². The molecule has 2 heterocycles.